The van der Waals surface area contributed by atoms with Crippen molar-refractivity contribution < 1.29 is 17.7 Å². The third kappa shape index (κ3) is 2.31. The molecule has 0 fully saturated rings. The molecule has 0 unspecified atom stereocenters. The van der Waals surface area contributed by atoms with Crippen molar-refractivity contribution in [3.63, 3.8) is 0 Å². The first-order valence-corrected chi connectivity index (χ1v) is 7.89. The Balaban J connectivity index is 2.09. The molecule has 1 aliphatic heterocycles. The Morgan fingerprint density at radius 2 is 1.95 bits per heavy atom. The number of halogens is 1. The van der Waals surface area contributed by atoms with Crippen molar-refractivity contribution in [2.45, 2.75) is 11.3 Å². The number of benzene rings is 2. The summed E-state index contributed by atoms with van der Waals surface area (Å²) in [5.41, 5.74) is 0.809. The summed E-state index contributed by atoms with van der Waals surface area (Å²) in [5, 5.41) is 10.9. The van der Waals surface area contributed by atoms with Gasteiger partial charge in [-0.3, -0.25) is 14.4 Å². The Morgan fingerprint density at radius 3 is 2.64 bits per heavy atom. The highest BCUT2D eigenvalue weighted by Crippen LogP contribution is 2.35. The van der Waals surface area contributed by atoms with Crippen LogP contribution in [0.2, 0.25) is 0 Å². The lowest BCUT2D eigenvalue weighted by Gasteiger charge is -2.19. The van der Waals surface area contributed by atoms with Crippen LogP contribution in [0.15, 0.2) is 47.4 Å². The van der Waals surface area contributed by atoms with Gasteiger partial charge in [0.15, 0.2) is 0 Å². The zero-order chi connectivity index (χ0) is 15.9. The number of non-ortho nitro benzene ring substituents is 1. The summed E-state index contributed by atoms with van der Waals surface area (Å²) in [7, 11) is -3.95. The monoisotopic (exact) mass is 322 g/mol. The number of nitrogens with zero attached hydrogens (tertiary/aromatic N) is 2. The molecule has 0 aliphatic carbocycles. The summed E-state index contributed by atoms with van der Waals surface area (Å²) < 4.78 is 39.6. The largest absolute Gasteiger partial charge is 0.271 e. The van der Waals surface area contributed by atoms with Crippen molar-refractivity contribution in [2.24, 2.45) is 0 Å². The summed E-state index contributed by atoms with van der Waals surface area (Å²) in [5.74, 6) is -0.653. The Hall–Kier alpha value is -2.48. The van der Waals surface area contributed by atoms with Crippen LogP contribution in [0.3, 0.4) is 0 Å². The zero-order valence-electron chi connectivity index (χ0n) is 11.3. The van der Waals surface area contributed by atoms with Gasteiger partial charge in [-0.05, 0) is 30.2 Å². The number of anilines is 1. The van der Waals surface area contributed by atoms with Crippen molar-refractivity contribution in [3.8, 4) is 0 Å². The molecule has 3 rings (SSSR count). The van der Waals surface area contributed by atoms with Crippen molar-refractivity contribution in [3.05, 3.63) is 64.0 Å². The Labute approximate surface area is 126 Å². The second-order valence-corrected chi connectivity index (χ2v) is 6.72. The van der Waals surface area contributed by atoms with Gasteiger partial charge in [-0.25, -0.2) is 12.8 Å². The van der Waals surface area contributed by atoms with Crippen LogP contribution in [0.1, 0.15) is 5.56 Å². The van der Waals surface area contributed by atoms with E-state index in [2.05, 4.69) is 0 Å². The van der Waals surface area contributed by atoms with Gasteiger partial charge in [0.2, 0.25) is 0 Å². The Bertz CT molecular complexity index is 867. The molecule has 0 bridgehead atoms. The van der Waals surface area contributed by atoms with Crippen LogP contribution >= 0.6 is 0 Å². The van der Waals surface area contributed by atoms with E-state index >= 15 is 0 Å². The summed E-state index contributed by atoms with van der Waals surface area (Å²) in [6.45, 7) is 0.176. The molecule has 0 saturated carbocycles. The minimum absolute atomic E-state index is 0.174. The number of hydrogen-bond acceptors (Lipinski definition) is 4. The molecule has 22 heavy (non-hydrogen) atoms. The minimum atomic E-state index is -3.95. The molecule has 0 radical (unpaired) electrons. The van der Waals surface area contributed by atoms with E-state index < -0.39 is 20.8 Å². The lowest BCUT2D eigenvalue weighted by atomic mass is 10.1. The van der Waals surface area contributed by atoms with Gasteiger partial charge in [0, 0.05) is 18.7 Å². The van der Waals surface area contributed by atoms with Crippen LogP contribution in [-0.4, -0.2) is 19.9 Å². The zero-order valence-corrected chi connectivity index (χ0v) is 12.1. The molecule has 0 aromatic heterocycles. The maximum absolute atomic E-state index is 13.3. The van der Waals surface area contributed by atoms with Crippen molar-refractivity contribution in [2.75, 3.05) is 10.8 Å². The second-order valence-electron chi connectivity index (χ2n) is 4.85. The van der Waals surface area contributed by atoms with Gasteiger partial charge in [0.05, 0.1) is 15.5 Å². The first kappa shape index (κ1) is 14.5. The molecular weight excluding hydrogens is 311 g/mol. The summed E-state index contributed by atoms with van der Waals surface area (Å²) in [6.07, 6.45) is 0.460. The normalized spacial score (nSPS) is 14.0. The summed E-state index contributed by atoms with van der Waals surface area (Å²) in [6, 6.07) is 8.83. The highest BCUT2D eigenvalue weighted by atomic mass is 32.2. The van der Waals surface area contributed by atoms with Gasteiger partial charge in [-0.1, -0.05) is 12.1 Å². The van der Waals surface area contributed by atoms with Gasteiger partial charge in [0.25, 0.3) is 15.7 Å². The van der Waals surface area contributed by atoms with E-state index in [1.54, 1.807) is 6.07 Å². The van der Waals surface area contributed by atoms with Crippen LogP contribution in [-0.2, 0) is 16.4 Å². The second kappa shape index (κ2) is 5.06. The van der Waals surface area contributed by atoms with E-state index in [0.29, 0.717) is 12.0 Å². The number of rotatable bonds is 3. The van der Waals surface area contributed by atoms with Crippen molar-refractivity contribution in [1.82, 2.24) is 0 Å². The maximum atomic E-state index is 13.3. The lowest BCUT2D eigenvalue weighted by Crippen LogP contribution is -2.29. The maximum Gasteiger partial charge on any atom is 0.271 e. The SMILES string of the molecule is O=[N+]([O-])c1ccc2c(c1)N(S(=O)(=O)c1cccc(F)c1)CC2. The Morgan fingerprint density at radius 1 is 1.18 bits per heavy atom. The molecule has 1 heterocycles. The Kier molecular flexibility index (Phi) is 3.32. The van der Waals surface area contributed by atoms with Crippen LogP contribution in [0, 0.1) is 15.9 Å². The highest BCUT2D eigenvalue weighted by molar-refractivity contribution is 7.92. The minimum Gasteiger partial charge on any atom is -0.265 e. The van der Waals surface area contributed by atoms with Crippen LogP contribution in [0.5, 0.6) is 0 Å². The van der Waals surface area contributed by atoms with Crippen LogP contribution in [0.25, 0.3) is 0 Å². The summed E-state index contributed by atoms with van der Waals surface area (Å²) in [4.78, 5) is 10.1. The van der Waals surface area contributed by atoms with E-state index in [4.69, 9.17) is 0 Å². The average Bonchev–Trinajstić information content (AvgIpc) is 2.90. The number of nitro groups is 1. The predicted octanol–water partition coefficient (Wildman–Crippen LogP) is 2.49. The first-order valence-electron chi connectivity index (χ1n) is 6.45. The van der Waals surface area contributed by atoms with E-state index in [1.165, 1.54) is 24.3 Å². The summed E-state index contributed by atoms with van der Waals surface area (Å²) >= 11 is 0. The van der Waals surface area contributed by atoms with Crippen LogP contribution in [0.4, 0.5) is 15.8 Å². The smallest absolute Gasteiger partial charge is 0.265 e. The van der Waals surface area contributed by atoms with E-state index in [9.17, 15) is 22.9 Å². The fraction of sp³-hybridized carbons (Fsp3) is 0.143. The molecule has 2 aromatic carbocycles. The standard InChI is InChI=1S/C14H11FN2O4S/c15-11-2-1-3-13(8-11)22(20,21)16-7-6-10-4-5-12(17(18)19)9-14(10)16/h1-5,8-9H,6-7H2. The number of nitro benzene ring substituents is 1. The van der Waals surface area contributed by atoms with E-state index in [0.717, 1.165) is 16.4 Å². The number of hydrogen-bond donors (Lipinski definition) is 0. The number of fused-ring (bicyclic) bond motifs is 1. The van der Waals surface area contributed by atoms with Gasteiger partial charge in [-0.15, -0.1) is 0 Å². The quantitative estimate of drug-likeness (QED) is 0.642. The molecule has 0 amide bonds. The van der Waals surface area contributed by atoms with Crippen molar-refractivity contribution in [1.29, 1.82) is 0 Å². The third-order valence-corrected chi connectivity index (χ3v) is 5.33. The molecule has 0 saturated heterocycles. The lowest BCUT2D eigenvalue weighted by molar-refractivity contribution is -0.384. The predicted molar refractivity (Wildman–Crippen MR) is 77.7 cm³/mol. The molecule has 114 valence electrons. The molecule has 1 aliphatic rings. The molecule has 6 nitrogen and oxygen atoms in total. The van der Waals surface area contributed by atoms with Gasteiger partial charge in [-0.2, -0.15) is 0 Å². The average molecular weight is 322 g/mol. The fourth-order valence-corrected chi connectivity index (χ4v) is 3.98. The molecular formula is C14H11FN2O4S. The number of sulfonamides is 1. The molecule has 2 aromatic rings. The third-order valence-electron chi connectivity index (χ3n) is 3.52. The van der Waals surface area contributed by atoms with Gasteiger partial charge in [0.1, 0.15) is 5.82 Å². The van der Waals surface area contributed by atoms with Gasteiger partial charge < -0.3 is 0 Å². The van der Waals surface area contributed by atoms with E-state index in [-0.39, 0.29) is 22.8 Å². The molecule has 0 N–H and O–H groups in total. The van der Waals surface area contributed by atoms with Gasteiger partial charge >= 0.3 is 0 Å². The highest BCUT2D eigenvalue weighted by Gasteiger charge is 2.32. The molecule has 0 spiro atoms. The fourth-order valence-electron chi connectivity index (χ4n) is 2.46. The molecule has 0 atom stereocenters. The van der Waals surface area contributed by atoms with E-state index in [1.807, 2.05) is 0 Å². The molecule has 8 heteroatoms. The van der Waals surface area contributed by atoms with Crippen LogP contribution < -0.4 is 4.31 Å². The van der Waals surface area contributed by atoms with Crippen molar-refractivity contribution >= 4 is 21.4 Å². The first-order chi connectivity index (χ1) is 10.4. The topological polar surface area (TPSA) is 80.5 Å².